The highest BCUT2D eigenvalue weighted by Gasteiger charge is 2.20. The minimum absolute atomic E-state index is 0.0516. The van der Waals surface area contributed by atoms with Crippen LogP contribution in [0.1, 0.15) is 32.1 Å². The van der Waals surface area contributed by atoms with E-state index in [1.54, 1.807) is 18.2 Å². The number of nitrogens with zero attached hydrogens (tertiary/aromatic N) is 1. The van der Waals surface area contributed by atoms with Crippen LogP contribution in [-0.2, 0) is 11.3 Å². The molecule has 1 N–H and O–H groups in total. The van der Waals surface area contributed by atoms with Crippen LogP contribution in [0.2, 0.25) is 0 Å². The lowest BCUT2D eigenvalue weighted by molar-refractivity contribution is 0.0471. The Hall–Kier alpha value is -3.02. The molecule has 0 amide bonds. The number of benzene rings is 1. The minimum atomic E-state index is -0.787. The number of allylic oxidation sites excluding steroid dienone is 1. The normalized spacial score (nSPS) is 10.4. The van der Waals surface area contributed by atoms with E-state index in [4.69, 9.17) is 9.47 Å². The summed E-state index contributed by atoms with van der Waals surface area (Å²) in [6.45, 7) is 7.62. The van der Waals surface area contributed by atoms with Gasteiger partial charge in [-0.15, -0.1) is 6.58 Å². The number of carbonyl (C=O) groups excluding carboxylic acids is 2. The summed E-state index contributed by atoms with van der Waals surface area (Å²) in [5, 5.41) is 9.96. The molecule has 1 aromatic heterocycles. The van der Waals surface area contributed by atoms with Crippen LogP contribution in [0.5, 0.6) is 11.5 Å². The van der Waals surface area contributed by atoms with Crippen molar-refractivity contribution in [2.75, 3.05) is 13.7 Å². The second-order valence-electron chi connectivity index (χ2n) is 5.54. The van der Waals surface area contributed by atoms with Crippen LogP contribution in [0.3, 0.4) is 0 Å². The summed E-state index contributed by atoms with van der Waals surface area (Å²) in [6.07, 6.45) is 1.75. The number of aromatic nitrogens is 1. The first-order chi connectivity index (χ1) is 11.9. The molecule has 0 bridgehead atoms. The van der Waals surface area contributed by atoms with Crippen LogP contribution in [0.25, 0.3) is 0 Å². The Bertz CT molecular complexity index is 819. The maximum Gasteiger partial charge on any atom is 0.342 e. The van der Waals surface area contributed by atoms with E-state index in [0.29, 0.717) is 12.1 Å². The van der Waals surface area contributed by atoms with Gasteiger partial charge in [-0.3, -0.25) is 4.79 Å². The Labute approximate surface area is 146 Å². The highest BCUT2D eigenvalue weighted by atomic mass is 16.5. The van der Waals surface area contributed by atoms with Crippen molar-refractivity contribution < 1.29 is 24.2 Å². The number of phenols is 1. The molecule has 0 atom stereocenters. The Morgan fingerprint density at radius 2 is 2.00 bits per heavy atom. The third-order valence-electron chi connectivity index (χ3n) is 3.96. The van der Waals surface area contributed by atoms with E-state index in [0.717, 1.165) is 11.4 Å². The summed E-state index contributed by atoms with van der Waals surface area (Å²) >= 11 is 0. The number of phenolic OH excluding ortho intramolecular Hbond substituents is 1. The topological polar surface area (TPSA) is 77.8 Å². The fourth-order valence-corrected chi connectivity index (χ4v) is 2.63. The Morgan fingerprint density at radius 3 is 2.64 bits per heavy atom. The van der Waals surface area contributed by atoms with Crippen LogP contribution in [0, 0.1) is 13.8 Å². The van der Waals surface area contributed by atoms with E-state index in [1.807, 2.05) is 18.4 Å². The number of hydrogen-bond donors (Lipinski definition) is 1. The van der Waals surface area contributed by atoms with Gasteiger partial charge in [-0.1, -0.05) is 12.1 Å². The second kappa shape index (κ2) is 7.70. The van der Waals surface area contributed by atoms with Gasteiger partial charge in [0.05, 0.1) is 7.11 Å². The quantitative estimate of drug-likeness (QED) is 0.475. The third-order valence-corrected chi connectivity index (χ3v) is 3.96. The van der Waals surface area contributed by atoms with Gasteiger partial charge in [-0.25, -0.2) is 4.79 Å². The van der Waals surface area contributed by atoms with Crippen molar-refractivity contribution in [3.05, 3.63) is 59.4 Å². The number of ketones is 1. The van der Waals surface area contributed by atoms with Gasteiger partial charge in [-0.2, -0.15) is 0 Å². The number of para-hydroxylation sites is 1. The van der Waals surface area contributed by atoms with Gasteiger partial charge in [0.25, 0.3) is 0 Å². The number of esters is 1. The summed E-state index contributed by atoms with van der Waals surface area (Å²) in [5.74, 6) is -1.25. The summed E-state index contributed by atoms with van der Waals surface area (Å²) in [6, 6.07) is 6.24. The molecule has 0 radical (unpaired) electrons. The predicted molar refractivity (Wildman–Crippen MR) is 93.4 cm³/mol. The van der Waals surface area contributed by atoms with E-state index < -0.39 is 12.6 Å². The maximum atomic E-state index is 12.4. The Morgan fingerprint density at radius 1 is 1.28 bits per heavy atom. The zero-order valence-electron chi connectivity index (χ0n) is 14.5. The highest BCUT2D eigenvalue weighted by molar-refractivity contribution is 6.01. The minimum Gasteiger partial charge on any atom is -0.504 e. The predicted octanol–water partition coefficient (Wildman–Crippen LogP) is 3.04. The molecule has 0 fully saturated rings. The first kappa shape index (κ1) is 18.3. The number of Topliss-reactive ketones (excluding diaryl/α,β-unsaturated/α-hetero) is 1. The molecule has 25 heavy (non-hydrogen) atoms. The lowest BCUT2D eigenvalue weighted by atomic mass is 10.1. The van der Waals surface area contributed by atoms with Gasteiger partial charge in [0.15, 0.2) is 18.1 Å². The lowest BCUT2D eigenvalue weighted by Gasteiger charge is -2.09. The fourth-order valence-electron chi connectivity index (χ4n) is 2.63. The number of aromatic hydroxyl groups is 1. The van der Waals surface area contributed by atoms with Gasteiger partial charge >= 0.3 is 5.97 Å². The zero-order chi connectivity index (χ0) is 18.6. The standard InChI is InChI=1S/C19H21NO5/c1-5-9-20-12(2)10-15(13(20)3)16(21)11-25-19(23)14-7-6-8-17(24-4)18(14)22/h5-8,10,22H,1,9,11H2,2-4H3. The summed E-state index contributed by atoms with van der Waals surface area (Å²) < 4.78 is 12.0. The number of rotatable bonds is 7. The number of carbonyl (C=O) groups is 2. The molecule has 0 aliphatic heterocycles. The number of aryl methyl sites for hydroxylation is 1. The molecule has 6 heteroatoms. The molecule has 1 aromatic carbocycles. The van der Waals surface area contributed by atoms with Crippen molar-refractivity contribution in [2.45, 2.75) is 20.4 Å². The zero-order valence-corrected chi connectivity index (χ0v) is 14.5. The molecule has 0 spiro atoms. The van der Waals surface area contributed by atoms with Crippen LogP contribution in [0.15, 0.2) is 36.9 Å². The molecule has 0 aliphatic rings. The second-order valence-corrected chi connectivity index (χ2v) is 5.54. The summed E-state index contributed by atoms with van der Waals surface area (Å²) in [7, 11) is 1.38. The number of ether oxygens (including phenoxy) is 2. The van der Waals surface area contributed by atoms with Crippen molar-refractivity contribution in [1.82, 2.24) is 4.57 Å². The van der Waals surface area contributed by atoms with E-state index in [-0.39, 0.29) is 22.8 Å². The van der Waals surface area contributed by atoms with E-state index in [2.05, 4.69) is 6.58 Å². The average Bonchev–Trinajstić information content (AvgIpc) is 2.88. The van der Waals surface area contributed by atoms with Gasteiger partial charge in [0.1, 0.15) is 5.56 Å². The monoisotopic (exact) mass is 343 g/mol. The molecule has 2 aromatic rings. The first-order valence-electron chi connectivity index (χ1n) is 7.74. The van der Waals surface area contributed by atoms with Gasteiger partial charge < -0.3 is 19.1 Å². The largest absolute Gasteiger partial charge is 0.504 e. The van der Waals surface area contributed by atoms with Crippen LogP contribution in [-0.4, -0.2) is 35.1 Å². The molecule has 0 saturated carbocycles. The fraction of sp³-hybridized carbons (Fsp3) is 0.263. The van der Waals surface area contributed by atoms with Gasteiger partial charge in [0.2, 0.25) is 5.78 Å². The first-order valence-corrected chi connectivity index (χ1v) is 7.74. The summed E-state index contributed by atoms with van der Waals surface area (Å²) in [5.41, 5.74) is 2.17. The maximum absolute atomic E-state index is 12.4. The third kappa shape index (κ3) is 3.74. The molecule has 0 unspecified atom stereocenters. The Balaban J connectivity index is 2.11. The average molecular weight is 343 g/mol. The molecular weight excluding hydrogens is 322 g/mol. The van der Waals surface area contributed by atoms with E-state index in [9.17, 15) is 14.7 Å². The highest BCUT2D eigenvalue weighted by Crippen LogP contribution is 2.29. The van der Waals surface area contributed by atoms with Crippen molar-refractivity contribution in [3.63, 3.8) is 0 Å². The van der Waals surface area contributed by atoms with Crippen LogP contribution >= 0.6 is 0 Å². The molecule has 1 heterocycles. The van der Waals surface area contributed by atoms with E-state index >= 15 is 0 Å². The lowest BCUT2D eigenvalue weighted by Crippen LogP contribution is -2.15. The van der Waals surface area contributed by atoms with Crippen LogP contribution in [0.4, 0.5) is 0 Å². The number of methoxy groups -OCH3 is 1. The Kier molecular flexibility index (Phi) is 5.64. The smallest absolute Gasteiger partial charge is 0.342 e. The van der Waals surface area contributed by atoms with Gasteiger partial charge in [0, 0.05) is 23.5 Å². The summed E-state index contributed by atoms with van der Waals surface area (Å²) in [4.78, 5) is 24.5. The van der Waals surface area contributed by atoms with Crippen molar-refractivity contribution in [3.8, 4) is 11.5 Å². The molecule has 132 valence electrons. The van der Waals surface area contributed by atoms with Crippen LogP contribution < -0.4 is 4.74 Å². The van der Waals surface area contributed by atoms with E-state index in [1.165, 1.54) is 19.2 Å². The molecule has 2 rings (SSSR count). The molecule has 6 nitrogen and oxygen atoms in total. The number of hydrogen-bond acceptors (Lipinski definition) is 5. The molecule has 0 aliphatic carbocycles. The SMILES string of the molecule is C=CCn1c(C)cc(C(=O)COC(=O)c2cccc(OC)c2O)c1C. The molecular formula is C19H21NO5. The van der Waals surface area contributed by atoms with Crippen molar-refractivity contribution in [2.24, 2.45) is 0 Å². The van der Waals surface area contributed by atoms with Crippen molar-refractivity contribution >= 4 is 11.8 Å². The van der Waals surface area contributed by atoms with Crippen molar-refractivity contribution in [1.29, 1.82) is 0 Å². The van der Waals surface area contributed by atoms with Gasteiger partial charge in [-0.05, 0) is 32.0 Å². The molecule has 0 saturated heterocycles.